The standard InChI is InChI=1S/C15H14BrFN2OS/c1-8-3-4-9(2)12(7-8)21-11-6-5-10(15(18)19-20)13(16)14(11)17/h3-7,20H,1-2H3,(H2,18,19). The summed E-state index contributed by atoms with van der Waals surface area (Å²) in [6.45, 7) is 3.98. The summed E-state index contributed by atoms with van der Waals surface area (Å²) < 4.78 is 14.6. The van der Waals surface area contributed by atoms with Crippen molar-refractivity contribution >= 4 is 33.5 Å². The lowest BCUT2D eigenvalue weighted by molar-refractivity contribution is 0.318. The number of aryl methyl sites for hydroxylation is 2. The van der Waals surface area contributed by atoms with Gasteiger partial charge in [-0.25, -0.2) is 4.39 Å². The molecular weight excluding hydrogens is 355 g/mol. The minimum absolute atomic E-state index is 0.135. The Morgan fingerprint density at radius 3 is 2.62 bits per heavy atom. The Kier molecular flexibility index (Phi) is 4.90. The van der Waals surface area contributed by atoms with Crippen LogP contribution in [0.3, 0.4) is 0 Å². The highest BCUT2D eigenvalue weighted by Gasteiger charge is 2.15. The number of benzene rings is 2. The van der Waals surface area contributed by atoms with Crippen LogP contribution >= 0.6 is 27.7 Å². The summed E-state index contributed by atoms with van der Waals surface area (Å²) >= 11 is 4.51. The summed E-state index contributed by atoms with van der Waals surface area (Å²) in [5.74, 6) is -0.561. The predicted octanol–water partition coefficient (Wildman–Crippen LogP) is 4.45. The molecule has 0 aliphatic rings. The average Bonchev–Trinajstić information content (AvgIpc) is 2.47. The molecule has 3 N–H and O–H groups in total. The minimum Gasteiger partial charge on any atom is -0.409 e. The topological polar surface area (TPSA) is 58.6 Å². The zero-order chi connectivity index (χ0) is 15.6. The van der Waals surface area contributed by atoms with E-state index in [4.69, 9.17) is 10.9 Å². The van der Waals surface area contributed by atoms with Crippen LogP contribution in [-0.2, 0) is 0 Å². The summed E-state index contributed by atoms with van der Waals surface area (Å²) in [5.41, 5.74) is 8.03. The first-order chi connectivity index (χ1) is 9.93. The third kappa shape index (κ3) is 3.39. The van der Waals surface area contributed by atoms with E-state index >= 15 is 0 Å². The Morgan fingerprint density at radius 2 is 1.95 bits per heavy atom. The molecule has 0 aliphatic carbocycles. The molecule has 0 radical (unpaired) electrons. The van der Waals surface area contributed by atoms with Gasteiger partial charge in [0.2, 0.25) is 0 Å². The van der Waals surface area contributed by atoms with Gasteiger partial charge in [-0.05, 0) is 59.1 Å². The molecule has 0 saturated heterocycles. The van der Waals surface area contributed by atoms with Crippen LogP contribution in [0, 0.1) is 19.7 Å². The summed E-state index contributed by atoms with van der Waals surface area (Å²) in [4.78, 5) is 1.47. The van der Waals surface area contributed by atoms with E-state index in [0.29, 0.717) is 10.5 Å². The zero-order valence-electron chi connectivity index (χ0n) is 11.5. The van der Waals surface area contributed by atoms with Crippen molar-refractivity contribution in [2.75, 3.05) is 0 Å². The molecule has 0 unspecified atom stereocenters. The summed E-state index contributed by atoms with van der Waals surface area (Å²) in [7, 11) is 0. The fourth-order valence-electron chi connectivity index (χ4n) is 1.80. The molecule has 2 aromatic carbocycles. The van der Waals surface area contributed by atoms with Gasteiger partial charge in [0.1, 0.15) is 0 Å². The van der Waals surface area contributed by atoms with E-state index in [0.717, 1.165) is 16.0 Å². The molecule has 0 spiro atoms. The molecule has 2 rings (SSSR count). The van der Waals surface area contributed by atoms with Gasteiger partial charge in [-0.15, -0.1) is 0 Å². The predicted molar refractivity (Wildman–Crippen MR) is 86.6 cm³/mol. The number of amidine groups is 1. The third-order valence-corrected chi connectivity index (χ3v) is 4.96. The molecule has 3 nitrogen and oxygen atoms in total. The molecule has 0 aromatic heterocycles. The second kappa shape index (κ2) is 6.49. The van der Waals surface area contributed by atoms with Gasteiger partial charge in [0.25, 0.3) is 0 Å². The van der Waals surface area contributed by atoms with Crippen molar-refractivity contribution in [3.63, 3.8) is 0 Å². The molecule has 0 atom stereocenters. The monoisotopic (exact) mass is 368 g/mol. The van der Waals surface area contributed by atoms with Crippen molar-refractivity contribution in [1.29, 1.82) is 0 Å². The second-order valence-corrected chi connectivity index (χ2v) is 6.47. The van der Waals surface area contributed by atoms with Gasteiger partial charge in [-0.3, -0.25) is 0 Å². The maximum atomic E-state index is 14.4. The second-order valence-electron chi connectivity index (χ2n) is 4.60. The highest BCUT2D eigenvalue weighted by Crippen LogP contribution is 2.36. The van der Waals surface area contributed by atoms with E-state index in [2.05, 4.69) is 21.1 Å². The Hall–Kier alpha value is -1.53. The van der Waals surface area contributed by atoms with Gasteiger partial charge in [-0.2, -0.15) is 0 Å². The summed E-state index contributed by atoms with van der Waals surface area (Å²) in [5, 5.41) is 11.6. The molecule has 6 heteroatoms. The summed E-state index contributed by atoms with van der Waals surface area (Å²) in [6, 6.07) is 9.29. The molecule has 0 saturated carbocycles. The number of halogens is 2. The maximum Gasteiger partial charge on any atom is 0.171 e. The van der Waals surface area contributed by atoms with Crippen LogP contribution < -0.4 is 5.73 Å². The van der Waals surface area contributed by atoms with Crippen molar-refractivity contribution in [2.24, 2.45) is 10.9 Å². The fraction of sp³-hybridized carbons (Fsp3) is 0.133. The van der Waals surface area contributed by atoms with E-state index in [9.17, 15) is 4.39 Å². The normalized spacial score (nSPS) is 11.7. The largest absolute Gasteiger partial charge is 0.409 e. The SMILES string of the molecule is Cc1ccc(C)c(Sc2ccc(/C(N)=N/O)c(Br)c2F)c1. The third-order valence-electron chi connectivity index (χ3n) is 2.99. The van der Waals surface area contributed by atoms with E-state index in [1.807, 2.05) is 32.0 Å². The molecule has 0 fully saturated rings. The van der Waals surface area contributed by atoms with Crippen LogP contribution in [0.5, 0.6) is 0 Å². The lowest BCUT2D eigenvalue weighted by Crippen LogP contribution is -2.14. The molecule has 0 heterocycles. The average molecular weight is 369 g/mol. The molecular formula is C15H14BrFN2OS. The number of hydrogen-bond donors (Lipinski definition) is 2. The van der Waals surface area contributed by atoms with Crippen LogP contribution in [0.4, 0.5) is 4.39 Å². The van der Waals surface area contributed by atoms with Gasteiger partial charge in [0, 0.05) is 15.4 Å². The van der Waals surface area contributed by atoms with Crippen molar-refractivity contribution in [1.82, 2.24) is 0 Å². The lowest BCUT2D eigenvalue weighted by Gasteiger charge is -2.10. The van der Waals surface area contributed by atoms with Crippen molar-refractivity contribution in [3.8, 4) is 0 Å². The van der Waals surface area contributed by atoms with Gasteiger partial charge in [0.05, 0.1) is 4.47 Å². The fourth-order valence-corrected chi connectivity index (χ4v) is 3.52. The number of rotatable bonds is 3. The van der Waals surface area contributed by atoms with Gasteiger partial charge in [-0.1, -0.05) is 29.1 Å². The highest BCUT2D eigenvalue weighted by molar-refractivity contribution is 9.10. The number of hydrogen-bond acceptors (Lipinski definition) is 3. The Balaban J connectivity index is 2.42. The first-order valence-electron chi connectivity index (χ1n) is 6.15. The van der Waals surface area contributed by atoms with Crippen LogP contribution in [-0.4, -0.2) is 11.0 Å². The smallest absolute Gasteiger partial charge is 0.171 e. The number of nitrogens with two attached hydrogens (primary N) is 1. The Morgan fingerprint density at radius 1 is 1.24 bits per heavy atom. The van der Waals surface area contributed by atoms with Gasteiger partial charge < -0.3 is 10.9 Å². The van der Waals surface area contributed by atoms with Crippen LogP contribution in [0.2, 0.25) is 0 Å². The van der Waals surface area contributed by atoms with Crippen LogP contribution in [0.1, 0.15) is 16.7 Å². The van der Waals surface area contributed by atoms with Crippen molar-refractivity contribution in [2.45, 2.75) is 23.6 Å². The molecule has 21 heavy (non-hydrogen) atoms. The molecule has 0 aliphatic heterocycles. The van der Waals surface area contributed by atoms with E-state index in [1.165, 1.54) is 11.8 Å². The number of nitrogens with zero attached hydrogens (tertiary/aromatic N) is 1. The molecule has 110 valence electrons. The quantitative estimate of drug-likeness (QED) is 0.364. The minimum atomic E-state index is -0.426. The molecule has 0 amide bonds. The summed E-state index contributed by atoms with van der Waals surface area (Å²) in [6.07, 6.45) is 0. The van der Waals surface area contributed by atoms with E-state index < -0.39 is 5.82 Å². The van der Waals surface area contributed by atoms with E-state index in [1.54, 1.807) is 12.1 Å². The van der Waals surface area contributed by atoms with Gasteiger partial charge >= 0.3 is 0 Å². The lowest BCUT2D eigenvalue weighted by atomic mass is 10.2. The van der Waals surface area contributed by atoms with E-state index in [-0.39, 0.29) is 10.3 Å². The maximum absolute atomic E-state index is 14.4. The van der Waals surface area contributed by atoms with Crippen molar-refractivity contribution in [3.05, 3.63) is 57.3 Å². The van der Waals surface area contributed by atoms with Crippen LogP contribution in [0.15, 0.2) is 49.8 Å². The highest BCUT2D eigenvalue weighted by atomic mass is 79.9. The zero-order valence-corrected chi connectivity index (χ0v) is 13.9. The molecule has 2 aromatic rings. The molecule has 0 bridgehead atoms. The Labute approximate surface area is 135 Å². The Bertz CT molecular complexity index is 719. The first-order valence-corrected chi connectivity index (χ1v) is 7.76. The van der Waals surface area contributed by atoms with Crippen molar-refractivity contribution < 1.29 is 9.60 Å². The number of oxime groups is 1. The van der Waals surface area contributed by atoms with Gasteiger partial charge in [0.15, 0.2) is 11.7 Å². The van der Waals surface area contributed by atoms with Crippen LogP contribution in [0.25, 0.3) is 0 Å². The first kappa shape index (κ1) is 15.9.